The fourth-order valence-electron chi connectivity index (χ4n) is 3.28. The third kappa shape index (κ3) is 3.44. The molecule has 4 aromatic rings. The Balaban J connectivity index is 1.80. The second-order valence-corrected chi connectivity index (χ2v) is 7.39. The van der Waals surface area contributed by atoms with Crippen LogP contribution < -0.4 is 0 Å². The Labute approximate surface area is 156 Å². The molecule has 1 N–H and O–H groups in total. The van der Waals surface area contributed by atoms with Crippen molar-refractivity contribution in [3.05, 3.63) is 96.1 Å². The van der Waals surface area contributed by atoms with Gasteiger partial charge in [0.05, 0.1) is 11.0 Å². The maximum absolute atomic E-state index is 11.2. The molecule has 26 heavy (non-hydrogen) atoms. The van der Waals surface area contributed by atoms with Crippen molar-refractivity contribution < 1.29 is 9.90 Å². The molecule has 0 atom stereocenters. The molecule has 0 aliphatic rings. The van der Waals surface area contributed by atoms with Gasteiger partial charge in [-0.25, -0.2) is 0 Å². The van der Waals surface area contributed by atoms with E-state index in [4.69, 9.17) is 0 Å². The zero-order valence-electron chi connectivity index (χ0n) is 14.1. The summed E-state index contributed by atoms with van der Waals surface area (Å²) in [6, 6.07) is 29.3. The van der Waals surface area contributed by atoms with Gasteiger partial charge in [-0.2, -0.15) is 0 Å². The van der Waals surface area contributed by atoms with Crippen molar-refractivity contribution in [2.45, 2.75) is 5.25 Å². The summed E-state index contributed by atoms with van der Waals surface area (Å²) < 4.78 is 0. The number of benzene rings is 4. The van der Waals surface area contributed by atoms with Crippen LogP contribution in [-0.4, -0.2) is 16.8 Å². The maximum atomic E-state index is 11.2. The average molecular weight is 358 g/mol. The van der Waals surface area contributed by atoms with Gasteiger partial charge in [0.25, 0.3) is 0 Å². The van der Waals surface area contributed by atoms with E-state index in [2.05, 4.69) is 60.7 Å². The molecule has 128 valence electrons. The lowest BCUT2D eigenvalue weighted by Crippen LogP contribution is -2.04. The minimum Gasteiger partial charge on any atom is -0.481 e. The predicted molar refractivity (Wildman–Crippen MR) is 110 cm³/mol. The van der Waals surface area contributed by atoms with E-state index in [1.807, 2.05) is 24.3 Å². The van der Waals surface area contributed by atoms with Crippen LogP contribution in [0.4, 0.5) is 0 Å². The summed E-state index contributed by atoms with van der Waals surface area (Å²) in [5.41, 5.74) is 2.26. The molecule has 2 nitrogen and oxygen atoms in total. The second kappa shape index (κ2) is 7.22. The van der Waals surface area contributed by atoms with E-state index in [1.54, 1.807) is 0 Å². The molecular weight excluding hydrogens is 340 g/mol. The molecule has 0 radical (unpaired) electrons. The zero-order valence-corrected chi connectivity index (χ0v) is 14.9. The van der Waals surface area contributed by atoms with Crippen LogP contribution in [0.2, 0.25) is 0 Å². The lowest BCUT2D eigenvalue weighted by molar-refractivity contribution is -0.133. The highest BCUT2D eigenvalue weighted by Gasteiger charge is 2.17. The summed E-state index contributed by atoms with van der Waals surface area (Å²) in [7, 11) is 0. The molecule has 4 rings (SSSR count). The SMILES string of the molecule is O=C(O)CSC(c1ccc2ccccc2c1)c1ccc2ccccc2c1. The van der Waals surface area contributed by atoms with Crippen molar-refractivity contribution in [1.29, 1.82) is 0 Å². The molecule has 0 aromatic heterocycles. The van der Waals surface area contributed by atoms with Crippen LogP contribution in [0.25, 0.3) is 21.5 Å². The van der Waals surface area contributed by atoms with E-state index in [9.17, 15) is 9.90 Å². The monoisotopic (exact) mass is 358 g/mol. The Morgan fingerprint density at radius 3 is 1.65 bits per heavy atom. The molecule has 0 spiro atoms. The van der Waals surface area contributed by atoms with Crippen LogP contribution in [0.1, 0.15) is 16.4 Å². The lowest BCUT2D eigenvalue weighted by atomic mass is 9.98. The summed E-state index contributed by atoms with van der Waals surface area (Å²) in [6.07, 6.45) is 0. The van der Waals surface area contributed by atoms with Gasteiger partial charge in [-0.3, -0.25) is 4.79 Å². The number of rotatable bonds is 5. The Morgan fingerprint density at radius 2 is 1.19 bits per heavy atom. The molecule has 0 unspecified atom stereocenters. The van der Waals surface area contributed by atoms with Crippen LogP contribution in [0.3, 0.4) is 0 Å². The van der Waals surface area contributed by atoms with E-state index >= 15 is 0 Å². The fraction of sp³-hybridized carbons (Fsp3) is 0.0870. The Morgan fingerprint density at radius 1 is 0.731 bits per heavy atom. The first-order chi connectivity index (χ1) is 12.7. The molecule has 0 saturated heterocycles. The molecule has 0 aliphatic heterocycles. The van der Waals surface area contributed by atoms with Crippen molar-refractivity contribution in [1.82, 2.24) is 0 Å². The van der Waals surface area contributed by atoms with Crippen LogP contribution in [0, 0.1) is 0 Å². The van der Waals surface area contributed by atoms with Crippen molar-refractivity contribution in [3.8, 4) is 0 Å². The highest BCUT2D eigenvalue weighted by Crippen LogP contribution is 2.38. The first kappa shape index (κ1) is 16.7. The van der Waals surface area contributed by atoms with Gasteiger partial charge in [-0.15, -0.1) is 11.8 Å². The van der Waals surface area contributed by atoms with Crippen molar-refractivity contribution >= 4 is 39.3 Å². The summed E-state index contributed by atoms with van der Waals surface area (Å²) in [5.74, 6) is -0.716. The van der Waals surface area contributed by atoms with E-state index in [0.717, 1.165) is 11.1 Å². The summed E-state index contributed by atoms with van der Waals surface area (Å²) in [6.45, 7) is 0. The molecule has 3 heteroatoms. The molecule has 0 fully saturated rings. The van der Waals surface area contributed by atoms with Gasteiger partial charge in [0.15, 0.2) is 0 Å². The first-order valence-corrected chi connectivity index (χ1v) is 9.56. The molecule has 0 saturated carbocycles. The average Bonchev–Trinajstić information content (AvgIpc) is 2.67. The smallest absolute Gasteiger partial charge is 0.313 e. The van der Waals surface area contributed by atoms with Gasteiger partial charge in [0.1, 0.15) is 0 Å². The zero-order chi connectivity index (χ0) is 17.9. The Hall–Kier alpha value is -2.78. The van der Waals surface area contributed by atoms with Crippen LogP contribution in [0.15, 0.2) is 84.9 Å². The summed E-state index contributed by atoms with van der Waals surface area (Å²) in [4.78, 5) is 11.2. The number of aliphatic carboxylic acids is 1. The molecule has 0 aliphatic carbocycles. The maximum Gasteiger partial charge on any atom is 0.313 e. The van der Waals surface area contributed by atoms with E-state index in [0.29, 0.717) is 0 Å². The Bertz CT molecular complexity index is 1010. The largest absolute Gasteiger partial charge is 0.481 e. The second-order valence-electron chi connectivity index (χ2n) is 6.30. The minimum absolute atomic E-state index is 0.0136. The molecule has 4 aromatic carbocycles. The molecule has 0 bridgehead atoms. The van der Waals surface area contributed by atoms with E-state index in [-0.39, 0.29) is 11.0 Å². The van der Waals surface area contributed by atoms with Crippen LogP contribution >= 0.6 is 11.8 Å². The fourth-order valence-corrected chi connectivity index (χ4v) is 4.27. The van der Waals surface area contributed by atoms with Gasteiger partial charge < -0.3 is 5.11 Å². The third-order valence-electron chi connectivity index (χ3n) is 4.53. The van der Waals surface area contributed by atoms with Crippen molar-refractivity contribution in [3.63, 3.8) is 0 Å². The van der Waals surface area contributed by atoms with Gasteiger partial charge in [0.2, 0.25) is 0 Å². The molecule has 0 amide bonds. The minimum atomic E-state index is -0.790. The molecular formula is C23H18O2S. The Kier molecular flexibility index (Phi) is 4.63. The normalized spacial score (nSPS) is 11.3. The van der Waals surface area contributed by atoms with Gasteiger partial charge in [0, 0.05) is 0 Å². The standard InChI is InChI=1S/C23H18O2S/c24-22(25)15-26-23(20-11-9-16-5-1-3-7-18(16)13-20)21-12-10-17-6-2-4-8-19(17)14-21/h1-14,23H,15H2,(H,24,25). The topological polar surface area (TPSA) is 37.3 Å². The van der Waals surface area contributed by atoms with Gasteiger partial charge in [-0.1, -0.05) is 72.8 Å². The number of hydrogen-bond donors (Lipinski definition) is 1. The quantitative estimate of drug-likeness (QED) is 0.482. The number of thioether (sulfide) groups is 1. The number of carboxylic acids is 1. The third-order valence-corrected chi connectivity index (χ3v) is 5.82. The highest BCUT2D eigenvalue weighted by molar-refractivity contribution is 8.00. The van der Waals surface area contributed by atoms with Crippen molar-refractivity contribution in [2.24, 2.45) is 0 Å². The summed E-state index contributed by atoms with van der Waals surface area (Å²) >= 11 is 1.45. The molecule has 0 heterocycles. The summed E-state index contributed by atoms with van der Waals surface area (Å²) in [5, 5.41) is 13.9. The lowest BCUT2D eigenvalue weighted by Gasteiger charge is -2.18. The highest BCUT2D eigenvalue weighted by atomic mass is 32.2. The van der Waals surface area contributed by atoms with Gasteiger partial charge >= 0.3 is 5.97 Å². The number of carbonyl (C=O) groups is 1. The van der Waals surface area contributed by atoms with E-state index in [1.165, 1.54) is 33.3 Å². The predicted octanol–water partition coefficient (Wildman–Crippen LogP) is 5.90. The number of hydrogen-bond acceptors (Lipinski definition) is 2. The van der Waals surface area contributed by atoms with Crippen LogP contribution in [0.5, 0.6) is 0 Å². The first-order valence-electron chi connectivity index (χ1n) is 8.51. The number of fused-ring (bicyclic) bond motifs is 2. The number of carboxylic acid groups (broad SMARTS) is 1. The van der Waals surface area contributed by atoms with Crippen molar-refractivity contribution in [2.75, 3.05) is 5.75 Å². The van der Waals surface area contributed by atoms with Crippen LogP contribution in [-0.2, 0) is 4.79 Å². The van der Waals surface area contributed by atoms with Gasteiger partial charge in [-0.05, 0) is 44.8 Å². The van der Waals surface area contributed by atoms with E-state index < -0.39 is 5.97 Å².